The molecule has 0 aliphatic carbocycles. The highest BCUT2D eigenvalue weighted by molar-refractivity contribution is 5.67. The predicted octanol–water partition coefficient (Wildman–Crippen LogP) is 4.97. The summed E-state index contributed by atoms with van der Waals surface area (Å²) in [5, 5.41) is 6.21. The summed E-state index contributed by atoms with van der Waals surface area (Å²) in [6, 6.07) is 11.2. The molecule has 0 saturated heterocycles. The SMILES string of the molecule is Cc1c(Nc2cc(-c3ccccn3)nc(NCCCN(C)C)n2)cccc1C(F)(F)F. The Labute approximate surface area is 179 Å². The van der Waals surface area contributed by atoms with E-state index in [1.54, 1.807) is 24.4 Å². The summed E-state index contributed by atoms with van der Waals surface area (Å²) in [6.07, 6.45) is -1.88. The molecule has 1 aromatic carbocycles. The monoisotopic (exact) mass is 430 g/mol. The van der Waals surface area contributed by atoms with Crippen molar-refractivity contribution in [1.82, 2.24) is 19.9 Å². The molecule has 6 nitrogen and oxygen atoms in total. The van der Waals surface area contributed by atoms with Crippen molar-refractivity contribution in [2.24, 2.45) is 0 Å². The fourth-order valence-corrected chi connectivity index (χ4v) is 3.05. The topological polar surface area (TPSA) is 66.0 Å². The Bertz CT molecular complexity index is 1010. The van der Waals surface area contributed by atoms with Crippen LogP contribution >= 0.6 is 0 Å². The molecule has 9 heteroatoms. The number of alkyl halides is 3. The van der Waals surface area contributed by atoms with Gasteiger partial charge in [-0.2, -0.15) is 18.2 Å². The zero-order valence-electron chi connectivity index (χ0n) is 17.7. The van der Waals surface area contributed by atoms with Crippen molar-refractivity contribution in [3.05, 3.63) is 59.8 Å². The average molecular weight is 430 g/mol. The van der Waals surface area contributed by atoms with Crippen molar-refractivity contribution in [2.45, 2.75) is 19.5 Å². The maximum Gasteiger partial charge on any atom is 0.416 e. The van der Waals surface area contributed by atoms with E-state index in [-0.39, 0.29) is 5.56 Å². The fraction of sp³-hybridized carbons (Fsp3) is 0.318. The summed E-state index contributed by atoms with van der Waals surface area (Å²) in [4.78, 5) is 15.4. The van der Waals surface area contributed by atoms with Gasteiger partial charge in [-0.1, -0.05) is 12.1 Å². The van der Waals surface area contributed by atoms with Gasteiger partial charge in [-0.05, 0) is 63.8 Å². The summed E-state index contributed by atoms with van der Waals surface area (Å²) in [5.41, 5.74) is 0.967. The first-order valence-electron chi connectivity index (χ1n) is 9.87. The van der Waals surface area contributed by atoms with Crippen molar-refractivity contribution in [1.29, 1.82) is 0 Å². The largest absolute Gasteiger partial charge is 0.416 e. The van der Waals surface area contributed by atoms with E-state index in [4.69, 9.17) is 0 Å². The van der Waals surface area contributed by atoms with Crippen LogP contribution in [0.25, 0.3) is 11.4 Å². The Hall–Kier alpha value is -3.20. The highest BCUT2D eigenvalue weighted by Gasteiger charge is 2.32. The first-order valence-corrected chi connectivity index (χ1v) is 9.87. The number of benzene rings is 1. The number of hydrogen-bond acceptors (Lipinski definition) is 6. The van der Waals surface area contributed by atoms with E-state index < -0.39 is 11.7 Å². The molecule has 31 heavy (non-hydrogen) atoms. The molecule has 2 heterocycles. The van der Waals surface area contributed by atoms with Crippen LogP contribution in [0.4, 0.5) is 30.6 Å². The summed E-state index contributed by atoms with van der Waals surface area (Å²) in [5.74, 6) is 0.766. The van der Waals surface area contributed by atoms with Crippen LogP contribution in [0, 0.1) is 6.92 Å². The van der Waals surface area contributed by atoms with E-state index in [2.05, 4.69) is 30.5 Å². The molecular formula is C22H25F3N6. The van der Waals surface area contributed by atoms with Gasteiger partial charge in [0.2, 0.25) is 5.95 Å². The van der Waals surface area contributed by atoms with E-state index in [9.17, 15) is 13.2 Å². The van der Waals surface area contributed by atoms with Crippen LogP contribution in [0.5, 0.6) is 0 Å². The molecule has 0 aliphatic heterocycles. The standard InChI is InChI=1S/C22H25F3N6/c1-15-16(22(23,24)25)8-6-10-17(15)28-20-14-19(18-9-4-5-11-26-18)29-21(30-20)27-12-7-13-31(2)3/h4-6,8-11,14H,7,12-13H2,1-3H3,(H2,27,28,29,30). The van der Waals surface area contributed by atoms with Crippen LogP contribution in [-0.2, 0) is 6.18 Å². The highest BCUT2D eigenvalue weighted by Crippen LogP contribution is 2.35. The molecule has 0 unspecified atom stereocenters. The van der Waals surface area contributed by atoms with Gasteiger partial charge in [0, 0.05) is 24.5 Å². The first kappa shape index (κ1) is 22.5. The number of rotatable bonds is 8. The van der Waals surface area contributed by atoms with E-state index in [1.165, 1.54) is 13.0 Å². The third-order valence-electron chi connectivity index (χ3n) is 4.62. The van der Waals surface area contributed by atoms with E-state index in [1.807, 2.05) is 26.2 Å². The molecule has 3 rings (SSSR count). The number of nitrogens with zero attached hydrogens (tertiary/aromatic N) is 4. The second kappa shape index (κ2) is 9.74. The molecule has 3 aromatic rings. The number of nitrogens with one attached hydrogen (secondary N) is 2. The lowest BCUT2D eigenvalue weighted by Gasteiger charge is -2.16. The van der Waals surface area contributed by atoms with Gasteiger partial charge < -0.3 is 15.5 Å². The molecule has 0 bridgehead atoms. The Morgan fingerprint density at radius 2 is 1.81 bits per heavy atom. The highest BCUT2D eigenvalue weighted by atomic mass is 19.4. The number of anilines is 3. The molecule has 0 spiro atoms. The quantitative estimate of drug-likeness (QED) is 0.492. The fourth-order valence-electron chi connectivity index (χ4n) is 3.05. The van der Waals surface area contributed by atoms with Crippen molar-refractivity contribution < 1.29 is 13.2 Å². The normalized spacial score (nSPS) is 11.6. The van der Waals surface area contributed by atoms with E-state index >= 15 is 0 Å². The number of hydrogen-bond donors (Lipinski definition) is 2. The minimum Gasteiger partial charge on any atom is -0.354 e. The van der Waals surface area contributed by atoms with Crippen LogP contribution in [0.2, 0.25) is 0 Å². The van der Waals surface area contributed by atoms with Crippen LogP contribution in [0.15, 0.2) is 48.7 Å². The third-order valence-corrected chi connectivity index (χ3v) is 4.62. The summed E-state index contributed by atoms with van der Waals surface area (Å²) >= 11 is 0. The maximum atomic E-state index is 13.3. The maximum absolute atomic E-state index is 13.3. The number of pyridine rings is 1. The number of aromatic nitrogens is 3. The smallest absolute Gasteiger partial charge is 0.354 e. The van der Waals surface area contributed by atoms with E-state index in [0.29, 0.717) is 35.4 Å². The molecule has 164 valence electrons. The molecule has 2 aromatic heterocycles. The van der Waals surface area contributed by atoms with Crippen molar-refractivity contribution in [3.8, 4) is 11.4 Å². The molecule has 2 N–H and O–H groups in total. The predicted molar refractivity (Wildman–Crippen MR) is 116 cm³/mol. The first-order chi connectivity index (χ1) is 14.7. The lowest BCUT2D eigenvalue weighted by molar-refractivity contribution is -0.138. The minimum absolute atomic E-state index is 0.105. The van der Waals surface area contributed by atoms with E-state index in [0.717, 1.165) is 19.0 Å². The second-order valence-corrected chi connectivity index (χ2v) is 7.36. The van der Waals surface area contributed by atoms with Gasteiger partial charge in [0.05, 0.1) is 17.0 Å². The van der Waals surface area contributed by atoms with Gasteiger partial charge >= 0.3 is 6.18 Å². The van der Waals surface area contributed by atoms with Crippen molar-refractivity contribution in [3.63, 3.8) is 0 Å². The summed E-state index contributed by atoms with van der Waals surface area (Å²) in [6.45, 7) is 3.00. The second-order valence-electron chi connectivity index (χ2n) is 7.36. The van der Waals surface area contributed by atoms with Gasteiger partial charge in [0.25, 0.3) is 0 Å². The minimum atomic E-state index is -4.42. The molecule has 0 radical (unpaired) electrons. The zero-order valence-corrected chi connectivity index (χ0v) is 17.7. The van der Waals surface area contributed by atoms with Crippen molar-refractivity contribution >= 4 is 17.5 Å². The molecule has 0 fully saturated rings. The van der Waals surface area contributed by atoms with Gasteiger partial charge in [0.15, 0.2) is 0 Å². The van der Waals surface area contributed by atoms with Crippen molar-refractivity contribution in [2.75, 3.05) is 37.8 Å². The lowest BCUT2D eigenvalue weighted by Crippen LogP contribution is -2.17. The Kier molecular flexibility index (Phi) is 7.06. The Morgan fingerprint density at radius 1 is 1.00 bits per heavy atom. The van der Waals surface area contributed by atoms with Gasteiger partial charge in [-0.3, -0.25) is 4.98 Å². The van der Waals surface area contributed by atoms with Gasteiger partial charge in [-0.15, -0.1) is 0 Å². The number of halogens is 3. The Balaban J connectivity index is 1.91. The van der Waals surface area contributed by atoms with Crippen LogP contribution in [-0.4, -0.2) is 47.0 Å². The molecule has 0 saturated carbocycles. The van der Waals surface area contributed by atoms with Crippen LogP contribution in [0.1, 0.15) is 17.5 Å². The summed E-state index contributed by atoms with van der Waals surface area (Å²) < 4.78 is 39.8. The molecular weight excluding hydrogens is 405 g/mol. The van der Waals surface area contributed by atoms with Crippen LogP contribution < -0.4 is 10.6 Å². The molecule has 0 atom stereocenters. The third kappa shape index (κ3) is 6.14. The summed E-state index contributed by atoms with van der Waals surface area (Å²) in [7, 11) is 4.00. The molecule has 0 aliphatic rings. The lowest BCUT2D eigenvalue weighted by atomic mass is 10.1. The van der Waals surface area contributed by atoms with Gasteiger partial charge in [-0.25, -0.2) is 4.98 Å². The van der Waals surface area contributed by atoms with Gasteiger partial charge in [0.1, 0.15) is 5.82 Å². The molecule has 0 amide bonds. The van der Waals surface area contributed by atoms with Crippen LogP contribution in [0.3, 0.4) is 0 Å². The Morgan fingerprint density at radius 3 is 2.48 bits per heavy atom. The zero-order chi connectivity index (χ0) is 22.4. The average Bonchev–Trinajstić information content (AvgIpc) is 2.72.